The second-order valence-corrected chi connectivity index (χ2v) is 5.30. The number of amides is 1. The maximum absolute atomic E-state index is 13.0. The van der Waals surface area contributed by atoms with Crippen LogP contribution >= 0.6 is 15.9 Å². The second-order valence-electron chi connectivity index (χ2n) is 4.00. The summed E-state index contributed by atoms with van der Waals surface area (Å²) in [7, 11) is 0. The van der Waals surface area contributed by atoms with Gasteiger partial charge in [0.1, 0.15) is 5.82 Å². The minimum Gasteiger partial charge on any atom is -0.338 e. The molecule has 1 aliphatic heterocycles. The molecule has 0 saturated carbocycles. The monoisotopic (exact) mass is 285 g/mol. The Morgan fingerprint density at radius 3 is 3.00 bits per heavy atom. The molecule has 1 saturated heterocycles. The van der Waals surface area contributed by atoms with Crippen molar-refractivity contribution in [3.63, 3.8) is 0 Å². The summed E-state index contributed by atoms with van der Waals surface area (Å²) in [5, 5.41) is 0. The van der Waals surface area contributed by atoms with Crippen molar-refractivity contribution in [2.45, 2.75) is 17.7 Å². The van der Waals surface area contributed by atoms with Gasteiger partial charge in [-0.05, 0) is 31.0 Å². The third-order valence-corrected chi connectivity index (χ3v) is 3.47. The van der Waals surface area contributed by atoms with E-state index >= 15 is 0 Å². The smallest absolute Gasteiger partial charge is 0.253 e. The van der Waals surface area contributed by atoms with E-state index < -0.39 is 0 Å². The number of halogens is 2. The minimum atomic E-state index is -0.363. The van der Waals surface area contributed by atoms with Crippen LogP contribution in [0.4, 0.5) is 4.39 Å². The molecular weight excluding hydrogens is 273 g/mol. The molecule has 0 aromatic heterocycles. The highest BCUT2D eigenvalue weighted by Crippen LogP contribution is 2.19. The molecule has 4 heteroatoms. The zero-order valence-electron chi connectivity index (χ0n) is 8.83. The van der Waals surface area contributed by atoms with Crippen molar-refractivity contribution in [2.75, 3.05) is 13.1 Å². The van der Waals surface area contributed by atoms with Crippen molar-refractivity contribution < 1.29 is 9.18 Å². The van der Waals surface area contributed by atoms with Gasteiger partial charge in [-0.15, -0.1) is 0 Å². The van der Waals surface area contributed by atoms with E-state index in [0.717, 1.165) is 19.4 Å². The van der Waals surface area contributed by atoms with E-state index in [9.17, 15) is 9.18 Å². The molecule has 0 radical (unpaired) electrons. The van der Waals surface area contributed by atoms with Gasteiger partial charge in [-0.3, -0.25) is 4.79 Å². The van der Waals surface area contributed by atoms with Crippen LogP contribution in [0.25, 0.3) is 0 Å². The topological polar surface area (TPSA) is 20.3 Å². The van der Waals surface area contributed by atoms with Gasteiger partial charge in [0, 0.05) is 23.5 Å². The minimum absolute atomic E-state index is 0.0800. The Hall–Kier alpha value is -0.900. The number of alkyl halides is 1. The summed E-state index contributed by atoms with van der Waals surface area (Å²) in [5.41, 5.74) is 0.432. The number of likely N-dealkylation sites (tertiary alicyclic amines) is 1. The average molecular weight is 286 g/mol. The van der Waals surface area contributed by atoms with E-state index in [4.69, 9.17) is 0 Å². The zero-order chi connectivity index (χ0) is 11.5. The van der Waals surface area contributed by atoms with E-state index in [1.54, 1.807) is 17.0 Å². The van der Waals surface area contributed by atoms with Gasteiger partial charge in [0.05, 0.1) is 0 Å². The lowest BCUT2D eigenvalue weighted by molar-refractivity contribution is 0.0729. The van der Waals surface area contributed by atoms with Crippen molar-refractivity contribution in [2.24, 2.45) is 0 Å². The van der Waals surface area contributed by atoms with Gasteiger partial charge >= 0.3 is 0 Å². The predicted molar refractivity (Wildman–Crippen MR) is 64.3 cm³/mol. The summed E-state index contributed by atoms with van der Waals surface area (Å²) >= 11 is 3.52. The van der Waals surface area contributed by atoms with Gasteiger partial charge in [-0.1, -0.05) is 22.0 Å². The van der Waals surface area contributed by atoms with Gasteiger partial charge in [0.25, 0.3) is 5.91 Å². The van der Waals surface area contributed by atoms with Crippen LogP contribution in [0.1, 0.15) is 23.2 Å². The lowest BCUT2D eigenvalue weighted by atomic mass is 10.1. The lowest BCUT2D eigenvalue weighted by Gasteiger charge is -2.30. The maximum atomic E-state index is 13.0. The molecular formula is C12H13BrFNO. The Morgan fingerprint density at radius 1 is 1.50 bits per heavy atom. The van der Waals surface area contributed by atoms with Crippen molar-refractivity contribution in [1.29, 1.82) is 0 Å². The standard InChI is InChI=1S/C12H13BrFNO/c13-10-4-2-6-15(8-10)12(16)9-3-1-5-11(14)7-9/h1,3,5,7,10H,2,4,6,8H2. The van der Waals surface area contributed by atoms with Gasteiger partial charge in [0.15, 0.2) is 0 Å². The van der Waals surface area contributed by atoms with Crippen LogP contribution in [-0.2, 0) is 0 Å². The van der Waals surface area contributed by atoms with Gasteiger partial charge in [0.2, 0.25) is 0 Å². The molecule has 2 rings (SSSR count). The van der Waals surface area contributed by atoms with E-state index in [-0.39, 0.29) is 11.7 Å². The molecule has 16 heavy (non-hydrogen) atoms. The van der Waals surface area contributed by atoms with E-state index in [0.29, 0.717) is 16.9 Å². The molecule has 1 aliphatic rings. The largest absolute Gasteiger partial charge is 0.338 e. The van der Waals surface area contributed by atoms with Gasteiger partial charge in [-0.2, -0.15) is 0 Å². The number of piperidine rings is 1. The number of carbonyl (C=O) groups excluding carboxylic acids is 1. The molecule has 2 nitrogen and oxygen atoms in total. The molecule has 1 aromatic carbocycles. The third-order valence-electron chi connectivity index (χ3n) is 2.72. The highest BCUT2D eigenvalue weighted by Gasteiger charge is 2.22. The molecule has 0 N–H and O–H groups in total. The number of hydrogen-bond donors (Lipinski definition) is 0. The number of nitrogens with zero attached hydrogens (tertiary/aromatic N) is 1. The molecule has 0 bridgehead atoms. The fraction of sp³-hybridized carbons (Fsp3) is 0.417. The van der Waals surface area contributed by atoms with Crippen LogP contribution in [0.3, 0.4) is 0 Å². The maximum Gasteiger partial charge on any atom is 0.253 e. The Balaban J connectivity index is 2.12. The first-order chi connectivity index (χ1) is 7.66. The highest BCUT2D eigenvalue weighted by molar-refractivity contribution is 9.09. The number of benzene rings is 1. The van der Waals surface area contributed by atoms with E-state index in [1.807, 2.05) is 0 Å². The summed E-state index contributed by atoms with van der Waals surface area (Å²) < 4.78 is 13.0. The number of carbonyl (C=O) groups is 1. The third kappa shape index (κ3) is 2.61. The van der Waals surface area contributed by atoms with Crippen molar-refractivity contribution in [3.05, 3.63) is 35.6 Å². The normalized spacial score (nSPS) is 20.9. The Kier molecular flexibility index (Phi) is 3.59. The van der Waals surface area contributed by atoms with Crippen LogP contribution in [0.2, 0.25) is 0 Å². The van der Waals surface area contributed by atoms with Crippen LogP contribution < -0.4 is 0 Å². The first-order valence-corrected chi connectivity index (χ1v) is 6.27. The van der Waals surface area contributed by atoms with Crippen molar-refractivity contribution in [1.82, 2.24) is 4.90 Å². The first-order valence-electron chi connectivity index (χ1n) is 5.36. The fourth-order valence-corrected chi connectivity index (χ4v) is 2.59. The van der Waals surface area contributed by atoms with Crippen molar-refractivity contribution in [3.8, 4) is 0 Å². The van der Waals surface area contributed by atoms with Crippen LogP contribution in [0, 0.1) is 5.82 Å². The quantitative estimate of drug-likeness (QED) is 0.727. The molecule has 1 amide bonds. The van der Waals surface area contributed by atoms with Gasteiger partial charge < -0.3 is 4.90 Å². The predicted octanol–water partition coefficient (Wildman–Crippen LogP) is 2.83. The molecule has 86 valence electrons. The van der Waals surface area contributed by atoms with Crippen molar-refractivity contribution >= 4 is 21.8 Å². The van der Waals surface area contributed by atoms with Crippen LogP contribution in [0.15, 0.2) is 24.3 Å². The van der Waals surface area contributed by atoms with Crippen LogP contribution in [0.5, 0.6) is 0 Å². The summed E-state index contributed by atoms with van der Waals surface area (Å²) in [4.78, 5) is 14.2. The SMILES string of the molecule is O=C(c1cccc(F)c1)N1CCCC(Br)C1. The Bertz CT molecular complexity index is 396. The highest BCUT2D eigenvalue weighted by atomic mass is 79.9. The van der Waals surface area contributed by atoms with E-state index in [1.165, 1.54) is 12.1 Å². The molecule has 1 heterocycles. The summed E-state index contributed by atoms with van der Waals surface area (Å²) in [6.45, 7) is 1.47. The molecule has 1 aromatic rings. The zero-order valence-corrected chi connectivity index (χ0v) is 10.4. The second kappa shape index (κ2) is 4.95. The fourth-order valence-electron chi connectivity index (χ4n) is 1.91. The molecule has 0 spiro atoms. The molecule has 1 fully saturated rings. The molecule has 1 unspecified atom stereocenters. The molecule has 0 aliphatic carbocycles. The number of rotatable bonds is 1. The Morgan fingerprint density at radius 2 is 2.31 bits per heavy atom. The summed E-state index contributed by atoms with van der Waals surface area (Å²) in [6.07, 6.45) is 2.09. The summed E-state index contributed by atoms with van der Waals surface area (Å²) in [6, 6.07) is 5.86. The van der Waals surface area contributed by atoms with Gasteiger partial charge in [-0.25, -0.2) is 4.39 Å². The van der Waals surface area contributed by atoms with Crippen LogP contribution in [-0.4, -0.2) is 28.7 Å². The first kappa shape index (κ1) is 11.6. The average Bonchev–Trinajstić information content (AvgIpc) is 2.28. The van der Waals surface area contributed by atoms with E-state index in [2.05, 4.69) is 15.9 Å². The summed E-state index contributed by atoms with van der Waals surface area (Å²) in [5.74, 6) is -0.443. The number of hydrogen-bond acceptors (Lipinski definition) is 1. The lowest BCUT2D eigenvalue weighted by Crippen LogP contribution is -2.40. The Labute approximate surface area is 103 Å². The molecule has 1 atom stereocenters.